The number of benzene rings is 1. The lowest BCUT2D eigenvalue weighted by Crippen LogP contribution is -2.50. The molecule has 5 rings (SSSR count). The van der Waals surface area contributed by atoms with E-state index in [1.165, 1.54) is 12.3 Å². The number of nitrogens with zero attached hydrogens (tertiary/aromatic N) is 4. The number of amides is 2. The topological polar surface area (TPSA) is 75.6 Å². The number of halogens is 1. The lowest BCUT2D eigenvalue weighted by molar-refractivity contribution is -0.124. The van der Waals surface area contributed by atoms with E-state index in [-0.39, 0.29) is 12.0 Å². The molecule has 0 radical (unpaired) electrons. The van der Waals surface area contributed by atoms with Crippen molar-refractivity contribution in [3.8, 4) is 11.1 Å². The number of hydrogen-bond donors (Lipinski definition) is 0. The highest BCUT2D eigenvalue weighted by atomic mass is 19.1. The smallest absolute Gasteiger partial charge is 0.410 e. The number of carbonyl (C=O) groups excluding carboxylic acids is 2. The average molecular weight is 463 g/mol. The van der Waals surface area contributed by atoms with E-state index in [1.807, 2.05) is 39.0 Å². The Morgan fingerprint density at radius 1 is 1.06 bits per heavy atom. The highest BCUT2D eigenvalue weighted by Crippen LogP contribution is 2.50. The Hall–Kier alpha value is -3.55. The van der Waals surface area contributed by atoms with Gasteiger partial charge in [-0.05, 0) is 63.4 Å². The van der Waals surface area contributed by atoms with Crippen LogP contribution in [0.4, 0.5) is 14.9 Å². The van der Waals surface area contributed by atoms with E-state index in [0.29, 0.717) is 25.9 Å². The van der Waals surface area contributed by atoms with Gasteiger partial charge in [0.15, 0.2) is 0 Å². The second-order valence-electron chi connectivity index (χ2n) is 10.0. The molecule has 0 saturated carbocycles. The van der Waals surface area contributed by atoms with Crippen molar-refractivity contribution in [2.45, 2.75) is 44.6 Å². The number of carbonyl (C=O) groups is 2. The van der Waals surface area contributed by atoms with Gasteiger partial charge in [-0.3, -0.25) is 9.78 Å². The van der Waals surface area contributed by atoms with Crippen molar-refractivity contribution in [2.75, 3.05) is 25.0 Å². The largest absolute Gasteiger partial charge is 0.444 e. The summed E-state index contributed by atoms with van der Waals surface area (Å²) in [4.78, 5) is 37.9. The minimum Gasteiger partial charge on any atom is -0.444 e. The van der Waals surface area contributed by atoms with Crippen LogP contribution in [0.15, 0.2) is 42.7 Å². The van der Waals surface area contributed by atoms with Crippen LogP contribution in [0.1, 0.15) is 39.2 Å². The average Bonchev–Trinajstić information content (AvgIpc) is 3.01. The van der Waals surface area contributed by atoms with Gasteiger partial charge in [0.2, 0.25) is 11.9 Å². The fraction of sp³-hybridized carbons (Fsp3) is 0.385. The zero-order chi connectivity index (χ0) is 24.3. The van der Waals surface area contributed by atoms with E-state index in [2.05, 4.69) is 9.97 Å². The van der Waals surface area contributed by atoms with Crippen LogP contribution in [-0.4, -0.2) is 52.6 Å². The maximum absolute atomic E-state index is 13.6. The number of ether oxygens (including phenoxy) is 1. The first-order valence-electron chi connectivity index (χ1n) is 11.4. The van der Waals surface area contributed by atoms with Crippen molar-refractivity contribution >= 4 is 28.6 Å². The molecule has 2 amide bonds. The second-order valence-corrected chi connectivity index (χ2v) is 10.0. The van der Waals surface area contributed by atoms with Gasteiger partial charge in [-0.25, -0.2) is 9.78 Å². The molecule has 176 valence electrons. The molecule has 7 nitrogen and oxygen atoms in total. The molecule has 3 aromatic rings. The Kier molecular flexibility index (Phi) is 5.07. The predicted molar refractivity (Wildman–Crippen MR) is 127 cm³/mol. The van der Waals surface area contributed by atoms with Crippen molar-refractivity contribution in [3.63, 3.8) is 0 Å². The first kappa shape index (κ1) is 22.3. The van der Waals surface area contributed by atoms with Crippen molar-refractivity contribution in [1.82, 2.24) is 14.9 Å². The van der Waals surface area contributed by atoms with Gasteiger partial charge in [-0.2, -0.15) is 4.39 Å². The molecular weight excluding hydrogens is 435 g/mol. The fourth-order valence-corrected chi connectivity index (χ4v) is 5.06. The third-order valence-electron chi connectivity index (χ3n) is 6.73. The van der Waals surface area contributed by atoms with Crippen molar-refractivity contribution in [3.05, 3.63) is 54.2 Å². The third kappa shape index (κ3) is 3.57. The molecule has 1 saturated heterocycles. The van der Waals surface area contributed by atoms with Gasteiger partial charge < -0.3 is 14.5 Å². The number of fused-ring (bicyclic) bond motifs is 4. The maximum atomic E-state index is 13.6. The molecular formula is C26H27FN4O3. The summed E-state index contributed by atoms with van der Waals surface area (Å²) in [5.41, 5.74) is 2.88. The molecule has 2 aliphatic heterocycles. The summed E-state index contributed by atoms with van der Waals surface area (Å²) in [6.07, 6.45) is 3.91. The molecule has 1 aromatic carbocycles. The molecule has 0 aliphatic carbocycles. The molecule has 34 heavy (non-hydrogen) atoms. The van der Waals surface area contributed by atoms with Gasteiger partial charge in [0.1, 0.15) is 5.60 Å². The van der Waals surface area contributed by atoms with Gasteiger partial charge in [-0.15, -0.1) is 0 Å². The van der Waals surface area contributed by atoms with Crippen LogP contribution in [0, 0.1) is 5.95 Å². The van der Waals surface area contributed by atoms with E-state index in [4.69, 9.17) is 4.74 Å². The lowest BCUT2D eigenvalue weighted by Gasteiger charge is -2.39. The zero-order valence-electron chi connectivity index (χ0n) is 19.8. The van der Waals surface area contributed by atoms with Crippen LogP contribution in [-0.2, 0) is 14.9 Å². The molecule has 0 unspecified atom stereocenters. The first-order chi connectivity index (χ1) is 16.1. The Morgan fingerprint density at radius 3 is 2.41 bits per heavy atom. The number of anilines is 1. The molecule has 1 fully saturated rings. The standard InChI is InChI=1S/C26H27FN4O3/c1-25(2,3)34-24(33)31-11-9-26(10-12-31)22-18-13-16(17-6-8-21(27)29-14-17)5-7-19(18)28-15-20(22)30(4)23(26)32/h5-8,13-15H,9-12H2,1-4H3. The van der Waals surface area contributed by atoms with Gasteiger partial charge in [0.05, 0.1) is 22.8 Å². The SMILES string of the molecule is CN1C(=O)C2(CCN(C(=O)OC(C)(C)C)CC2)c2c1cnc1ccc(-c3ccc(F)nc3)cc21. The summed E-state index contributed by atoms with van der Waals surface area (Å²) < 4.78 is 18.9. The second kappa shape index (κ2) is 7.75. The van der Waals surface area contributed by atoms with Crippen LogP contribution in [0.3, 0.4) is 0 Å². The molecule has 0 bridgehead atoms. The van der Waals surface area contributed by atoms with Crippen LogP contribution in [0.2, 0.25) is 0 Å². The fourth-order valence-electron chi connectivity index (χ4n) is 5.06. The first-order valence-corrected chi connectivity index (χ1v) is 11.4. The molecule has 1 spiro atoms. The van der Waals surface area contributed by atoms with Crippen molar-refractivity contribution in [1.29, 1.82) is 0 Å². The van der Waals surface area contributed by atoms with E-state index in [0.717, 1.165) is 33.3 Å². The van der Waals surface area contributed by atoms with Crippen LogP contribution >= 0.6 is 0 Å². The number of hydrogen-bond acceptors (Lipinski definition) is 5. The van der Waals surface area contributed by atoms with E-state index in [9.17, 15) is 14.0 Å². The minimum absolute atomic E-state index is 0.0227. The van der Waals surface area contributed by atoms with Crippen LogP contribution in [0.5, 0.6) is 0 Å². The summed E-state index contributed by atoms with van der Waals surface area (Å²) in [6, 6.07) is 8.87. The quantitative estimate of drug-likeness (QED) is 0.491. The highest BCUT2D eigenvalue weighted by Gasteiger charge is 2.52. The lowest BCUT2D eigenvalue weighted by atomic mass is 9.72. The predicted octanol–water partition coefficient (Wildman–Crippen LogP) is 4.68. The Morgan fingerprint density at radius 2 is 1.76 bits per heavy atom. The Labute approximate surface area is 197 Å². The summed E-state index contributed by atoms with van der Waals surface area (Å²) in [7, 11) is 1.78. The molecule has 0 N–H and O–H groups in total. The molecule has 2 aliphatic rings. The van der Waals surface area contributed by atoms with Crippen LogP contribution in [0.25, 0.3) is 22.0 Å². The van der Waals surface area contributed by atoms with Crippen LogP contribution < -0.4 is 4.90 Å². The summed E-state index contributed by atoms with van der Waals surface area (Å²) >= 11 is 0. The summed E-state index contributed by atoms with van der Waals surface area (Å²) in [6.45, 7) is 6.39. The molecule has 0 atom stereocenters. The van der Waals surface area contributed by atoms with Crippen molar-refractivity contribution < 1.29 is 18.7 Å². The summed E-state index contributed by atoms with van der Waals surface area (Å²) in [5.74, 6) is -0.510. The maximum Gasteiger partial charge on any atom is 0.410 e. The number of aromatic nitrogens is 2. The van der Waals surface area contributed by atoms with Gasteiger partial charge >= 0.3 is 6.09 Å². The van der Waals surface area contributed by atoms with E-state index >= 15 is 0 Å². The number of piperidine rings is 1. The minimum atomic E-state index is -0.733. The van der Waals surface area contributed by atoms with Gasteiger partial charge in [0, 0.05) is 42.8 Å². The highest BCUT2D eigenvalue weighted by molar-refractivity contribution is 6.12. The number of likely N-dealkylation sites (tertiary alicyclic amines) is 1. The number of pyridine rings is 2. The zero-order valence-corrected chi connectivity index (χ0v) is 19.8. The Balaban J connectivity index is 1.56. The van der Waals surface area contributed by atoms with Gasteiger partial charge in [-0.1, -0.05) is 6.07 Å². The number of likely N-dealkylation sites (N-methyl/N-ethyl adjacent to an activating group) is 1. The monoisotopic (exact) mass is 462 g/mol. The Bertz CT molecular complexity index is 1290. The van der Waals surface area contributed by atoms with E-state index in [1.54, 1.807) is 29.1 Å². The van der Waals surface area contributed by atoms with E-state index < -0.39 is 17.0 Å². The van der Waals surface area contributed by atoms with Crippen molar-refractivity contribution in [2.24, 2.45) is 0 Å². The van der Waals surface area contributed by atoms with Gasteiger partial charge in [0.25, 0.3) is 0 Å². The normalized spacial score (nSPS) is 17.4. The number of rotatable bonds is 1. The molecule has 4 heterocycles. The third-order valence-corrected chi connectivity index (χ3v) is 6.73. The molecule has 8 heteroatoms. The molecule has 2 aromatic heterocycles. The summed E-state index contributed by atoms with van der Waals surface area (Å²) in [5, 5.41) is 0.891.